The van der Waals surface area contributed by atoms with Crippen LogP contribution in [0, 0.1) is 0 Å². The van der Waals surface area contributed by atoms with E-state index >= 15 is 0 Å². The molecule has 0 bridgehead atoms. The van der Waals surface area contributed by atoms with Crippen LogP contribution in [-0.4, -0.2) is 33.4 Å². The molecule has 0 unspecified atom stereocenters. The lowest BCUT2D eigenvalue weighted by molar-refractivity contribution is -0.130. The second-order valence-corrected chi connectivity index (χ2v) is 6.67. The van der Waals surface area contributed by atoms with Gasteiger partial charge in [0.05, 0.1) is 11.7 Å². The zero-order chi connectivity index (χ0) is 16.4. The third-order valence-corrected chi connectivity index (χ3v) is 5.25. The van der Waals surface area contributed by atoms with E-state index < -0.39 is 0 Å². The Morgan fingerprint density at radius 3 is 2.78 bits per heavy atom. The van der Waals surface area contributed by atoms with E-state index in [9.17, 15) is 9.59 Å². The minimum absolute atomic E-state index is 0.00588. The summed E-state index contributed by atoms with van der Waals surface area (Å²) in [5, 5.41) is 0.705. The summed E-state index contributed by atoms with van der Waals surface area (Å²) in [5.74, 6) is -0.139. The van der Waals surface area contributed by atoms with Gasteiger partial charge < -0.3 is 4.90 Å². The van der Waals surface area contributed by atoms with Crippen LogP contribution in [0.1, 0.15) is 16.9 Å². The second-order valence-electron chi connectivity index (χ2n) is 5.59. The zero-order valence-electron chi connectivity index (χ0n) is 13.0. The van der Waals surface area contributed by atoms with Gasteiger partial charge in [-0.25, -0.2) is 4.98 Å². The van der Waals surface area contributed by atoms with Crippen molar-refractivity contribution in [2.24, 2.45) is 0 Å². The molecule has 2 aromatic heterocycles. The summed E-state index contributed by atoms with van der Waals surface area (Å²) in [7, 11) is 0. The maximum atomic E-state index is 12.7. The number of carbonyl (C=O) groups excluding carboxylic acids is 1. The first-order chi connectivity index (χ1) is 11.2. The van der Waals surface area contributed by atoms with Crippen molar-refractivity contribution in [1.29, 1.82) is 0 Å². The predicted octanol–water partition coefficient (Wildman–Crippen LogP) is 2.15. The maximum absolute atomic E-state index is 12.7. The fraction of sp³-hybridized carbons (Fsp3) is 0.353. The topological polar surface area (TPSA) is 55.2 Å². The largest absolute Gasteiger partial charge is 0.334 e. The van der Waals surface area contributed by atoms with E-state index in [2.05, 4.69) is 18.1 Å². The fourth-order valence-corrected chi connectivity index (χ4v) is 4.19. The van der Waals surface area contributed by atoms with E-state index in [1.165, 1.54) is 15.8 Å². The summed E-state index contributed by atoms with van der Waals surface area (Å²) in [6.45, 7) is 8.17. The molecule has 3 rings (SSSR count). The fourth-order valence-electron chi connectivity index (χ4n) is 2.97. The summed E-state index contributed by atoms with van der Waals surface area (Å²) in [4.78, 5) is 33.2. The Bertz CT molecular complexity index is 824. The van der Waals surface area contributed by atoms with Gasteiger partial charge >= 0.3 is 0 Å². The molecule has 0 fully saturated rings. The first-order valence-electron chi connectivity index (χ1n) is 7.65. The van der Waals surface area contributed by atoms with Crippen molar-refractivity contribution in [2.45, 2.75) is 25.8 Å². The first kappa shape index (κ1) is 15.7. The number of thiophene rings is 1. The van der Waals surface area contributed by atoms with Crippen molar-refractivity contribution in [2.75, 3.05) is 13.1 Å². The average molecular weight is 329 g/mol. The number of fused-ring (bicyclic) bond motifs is 3. The highest BCUT2D eigenvalue weighted by Crippen LogP contribution is 2.34. The average Bonchev–Trinajstić information content (AvgIpc) is 3.10. The maximum Gasteiger partial charge on any atom is 0.262 e. The van der Waals surface area contributed by atoms with Gasteiger partial charge in [-0.1, -0.05) is 12.2 Å². The molecule has 120 valence electrons. The highest BCUT2D eigenvalue weighted by atomic mass is 32.1. The molecule has 2 heterocycles. The molecule has 0 N–H and O–H groups in total. The van der Waals surface area contributed by atoms with Gasteiger partial charge in [-0.15, -0.1) is 24.5 Å². The smallest absolute Gasteiger partial charge is 0.262 e. The lowest BCUT2D eigenvalue weighted by Crippen LogP contribution is -2.36. The standard InChI is InChI=1S/C17H19N3O2S/c1-3-8-19(9-4-2)14(21)10-20-11-18-16-15(17(20)22)12-6-5-7-13(12)23-16/h3-4,11H,1-2,5-10H2. The Morgan fingerprint density at radius 1 is 1.35 bits per heavy atom. The molecule has 0 aromatic carbocycles. The molecule has 1 aliphatic carbocycles. The van der Waals surface area contributed by atoms with Gasteiger partial charge in [0.25, 0.3) is 5.56 Å². The SMILES string of the molecule is C=CCN(CC=C)C(=O)Cn1cnc2sc3c(c2c1=O)CCC3. The number of nitrogens with zero attached hydrogens (tertiary/aromatic N) is 3. The normalized spacial score (nSPS) is 13.0. The summed E-state index contributed by atoms with van der Waals surface area (Å²) < 4.78 is 1.41. The summed E-state index contributed by atoms with van der Waals surface area (Å²) in [5.41, 5.74) is 1.03. The molecule has 0 aliphatic heterocycles. The van der Waals surface area contributed by atoms with Crippen LogP contribution < -0.4 is 5.56 Å². The van der Waals surface area contributed by atoms with Crippen LogP contribution in [0.15, 0.2) is 36.4 Å². The van der Waals surface area contributed by atoms with Gasteiger partial charge in [0.15, 0.2) is 0 Å². The van der Waals surface area contributed by atoms with Gasteiger partial charge in [0, 0.05) is 18.0 Å². The van der Waals surface area contributed by atoms with Gasteiger partial charge in [-0.05, 0) is 24.8 Å². The quantitative estimate of drug-likeness (QED) is 0.763. The Kier molecular flexibility index (Phi) is 4.43. The van der Waals surface area contributed by atoms with E-state index in [0.717, 1.165) is 29.7 Å². The van der Waals surface area contributed by atoms with Crippen LogP contribution in [0.2, 0.25) is 0 Å². The number of amides is 1. The lowest BCUT2D eigenvalue weighted by Gasteiger charge is -2.19. The third-order valence-electron chi connectivity index (χ3n) is 4.05. The lowest BCUT2D eigenvalue weighted by atomic mass is 10.2. The summed E-state index contributed by atoms with van der Waals surface area (Å²) in [6.07, 6.45) is 7.87. The Morgan fingerprint density at radius 2 is 2.09 bits per heavy atom. The van der Waals surface area contributed by atoms with Crippen molar-refractivity contribution in [3.8, 4) is 0 Å². The van der Waals surface area contributed by atoms with Gasteiger partial charge in [0.2, 0.25) is 5.91 Å². The first-order valence-corrected chi connectivity index (χ1v) is 8.46. The number of rotatable bonds is 6. The molecule has 0 saturated heterocycles. The van der Waals surface area contributed by atoms with Crippen LogP contribution in [0.3, 0.4) is 0 Å². The highest BCUT2D eigenvalue weighted by Gasteiger charge is 2.22. The van der Waals surface area contributed by atoms with Gasteiger partial charge in [-0.2, -0.15) is 0 Å². The molecule has 23 heavy (non-hydrogen) atoms. The molecule has 5 nitrogen and oxygen atoms in total. The summed E-state index contributed by atoms with van der Waals surface area (Å²) in [6, 6.07) is 0. The van der Waals surface area contributed by atoms with Gasteiger partial charge in [0.1, 0.15) is 11.4 Å². The number of hydrogen-bond donors (Lipinski definition) is 0. The van der Waals surface area contributed by atoms with Crippen molar-refractivity contribution in [1.82, 2.24) is 14.5 Å². The van der Waals surface area contributed by atoms with E-state index in [-0.39, 0.29) is 18.0 Å². The molecule has 6 heteroatoms. The molecular formula is C17H19N3O2S. The van der Waals surface area contributed by atoms with Crippen LogP contribution in [0.5, 0.6) is 0 Å². The van der Waals surface area contributed by atoms with E-state index in [0.29, 0.717) is 18.5 Å². The van der Waals surface area contributed by atoms with Crippen LogP contribution in [0.4, 0.5) is 0 Å². The molecule has 0 radical (unpaired) electrons. The number of aryl methyl sites for hydroxylation is 2. The van der Waals surface area contributed by atoms with E-state index in [1.54, 1.807) is 28.4 Å². The van der Waals surface area contributed by atoms with Crippen molar-refractivity contribution >= 4 is 27.5 Å². The van der Waals surface area contributed by atoms with Crippen molar-refractivity contribution < 1.29 is 4.79 Å². The number of carbonyl (C=O) groups is 1. The van der Waals surface area contributed by atoms with E-state index in [4.69, 9.17) is 0 Å². The molecular weight excluding hydrogens is 310 g/mol. The van der Waals surface area contributed by atoms with Crippen LogP contribution >= 0.6 is 11.3 Å². The van der Waals surface area contributed by atoms with Crippen LogP contribution in [0.25, 0.3) is 10.2 Å². The predicted molar refractivity (Wildman–Crippen MR) is 92.9 cm³/mol. The van der Waals surface area contributed by atoms with Gasteiger partial charge in [-0.3, -0.25) is 14.2 Å². The molecule has 2 aromatic rings. The molecule has 0 saturated carbocycles. The van der Waals surface area contributed by atoms with Crippen molar-refractivity contribution in [3.63, 3.8) is 0 Å². The Balaban J connectivity index is 1.92. The third kappa shape index (κ3) is 2.86. The minimum Gasteiger partial charge on any atom is -0.334 e. The molecule has 0 spiro atoms. The molecule has 1 aliphatic rings. The highest BCUT2D eigenvalue weighted by molar-refractivity contribution is 7.18. The number of aromatic nitrogens is 2. The van der Waals surface area contributed by atoms with E-state index in [1.807, 2.05) is 0 Å². The molecule has 0 atom stereocenters. The van der Waals surface area contributed by atoms with Crippen molar-refractivity contribution in [3.05, 3.63) is 52.4 Å². The van der Waals surface area contributed by atoms with Crippen LogP contribution in [-0.2, 0) is 24.2 Å². The zero-order valence-corrected chi connectivity index (χ0v) is 13.8. The summed E-state index contributed by atoms with van der Waals surface area (Å²) >= 11 is 1.60. The Hall–Kier alpha value is -2.21. The minimum atomic E-state index is -0.139. The number of hydrogen-bond acceptors (Lipinski definition) is 4. The second kappa shape index (κ2) is 6.50. The Labute approximate surface area is 138 Å². The monoisotopic (exact) mass is 329 g/mol. The molecule has 1 amide bonds.